The number of Topliss-reactive ketones (excluding diaryl/α,β-unsaturated/α-hetero) is 1. The first-order valence-corrected chi connectivity index (χ1v) is 8.80. The number of ketones is 1. The van der Waals surface area contributed by atoms with E-state index in [1.165, 1.54) is 0 Å². The van der Waals surface area contributed by atoms with Crippen LogP contribution in [0.25, 0.3) is 5.53 Å². The van der Waals surface area contributed by atoms with E-state index < -0.39 is 18.8 Å². The first kappa shape index (κ1) is 19.4. The van der Waals surface area contributed by atoms with E-state index in [0.717, 1.165) is 32.9 Å². The number of nitrogens with zero attached hydrogens (tertiary/aromatic N) is 3. The van der Waals surface area contributed by atoms with Crippen LogP contribution in [0.1, 0.15) is 29.8 Å². The molecule has 0 saturated heterocycles. The van der Waals surface area contributed by atoms with Crippen LogP contribution in [0, 0.1) is 0 Å². The van der Waals surface area contributed by atoms with Crippen molar-refractivity contribution in [1.29, 1.82) is 0 Å². The Balaban J connectivity index is 3.28. The highest BCUT2D eigenvalue weighted by Gasteiger charge is 2.45. The van der Waals surface area contributed by atoms with E-state index in [1.807, 2.05) is 26.0 Å². The summed E-state index contributed by atoms with van der Waals surface area (Å²) in [5, 5.41) is 0. The number of hydrogen-bond donors (Lipinski definition) is 0. The van der Waals surface area contributed by atoms with Crippen molar-refractivity contribution in [3.05, 3.63) is 40.9 Å². The van der Waals surface area contributed by atoms with Crippen LogP contribution in [0.5, 0.6) is 0 Å². The summed E-state index contributed by atoms with van der Waals surface area (Å²) in [6.45, 7) is 6.26. The molecule has 0 unspecified atom stereocenters. The predicted molar refractivity (Wildman–Crippen MR) is 87.6 cm³/mol. The van der Waals surface area contributed by atoms with Gasteiger partial charge in [0.2, 0.25) is 0 Å². The zero-order valence-electron chi connectivity index (χ0n) is 13.9. The predicted octanol–water partition coefficient (Wildman–Crippen LogP) is 2.83. The summed E-state index contributed by atoms with van der Waals surface area (Å²) < 4.78 is 21.9. The van der Waals surface area contributed by atoms with E-state index in [4.69, 9.17) is 14.6 Å². The van der Waals surface area contributed by atoms with Gasteiger partial charge >= 0.3 is 13.0 Å². The summed E-state index contributed by atoms with van der Waals surface area (Å²) in [7, 11) is -1.68. The summed E-state index contributed by atoms with van der Waals surface area (Å²) >= 11 is 0. The first-order chi connectivity index (χ1) is 11.0. The van der Waals surface area contributed by atoms with Gasteiger partial charge < -0.3 is 14.6 Å². The summed E-state index contributed by atoms with van der Waals surface area (Å²) in [4.78, 5) is 17.7. The highest BCUT2D eigenvalue weighted by atomic mass is 31.2. The van der Waals surface area contributed by atoms with Gasteiger partial charge in [-0.2, -0.15) is 4.79 Å². The molecule has 126 valence electrons. The quantitative estimate of drug-likeness (QED) is 0.227. The van der Waals surface area contributed by atoms with E-state index in [0.29, 0.717) is 12.1 Å². The molecule has 0 amide bonds. The Bertz CT molecular complexity index is 644. The van der Waals surface area contributed by atoms with Crippen molar-refractivity contribution in [2.75, 3.05) is 27.3 Å². The standard InChI is InChI=1S/C15H22N3O4P/c1-5-18(6-2)11-12-9-7-8-10-13(12)14(19)15(17-16)23(20,21-3)22-4/h7-10H,5-6,11H2,1-4H3. The summed E-state index contributed by atoms with van der Waals surface area (Å²) in [6.07, 6.45) is 0. The maximum absolute atomic E-state index is 12.7. The van der Waals surface area contributed by atoms with Crippen LogP contribution in [0.15, 0.2) is 24.3 Å². The van der Waals surface area contributed by atoms with Crippen LogP contribution >= 0.6 is 7.60 Å². The molecule has 1 aromatic rings. The van der Waals surface area contributed by atoms with Crippen molar-refractivity contribution in [3.63, 3.8) is 0 Å². The smallest absolute Gasteiger partial charge is 0.360 e. The molecule has 0 radical (unpaired) electrons. The topological polar surface area (TPSA) is 92.2 Å². The van der Waals surface area contributed by atoms with E-state index in [-0.39, 0.29) is 0 Å². The van der Waals surface area contributed by atoms with Gasteiger partial charge in [0.25, 0.3) is 5.78 Å². The summed E-state index contributed by atoms with van der Waals surface area (Å²) in [5.74, 6) is -0.678. The maximum Gasteiger partial charge on any atom is 0.448 e. The number of carbonyl (C=O) groups excluding carboxylic acids is 1. The molecule has 0 spiro atoms. The summed E-state index contributed by atoms with van der Waals surface area (Å²) in [6, 6.07) is 6.92. The highest BCUT2D eigenvalue weighted by molar-refractivity contribution is 7.75. The van der Waals surface area contributed by atoms with Gasteiger partial charge in [0.05, 0.1) is 0 Å². The van der Waals surface area contributed by atoms with Gasteiger partial charge in [0.1, 0.15) is 0 Å². The first-order valence-electron chi connectivity index (χ1n) is 7.26. The third-order valence-electron chi connectivity index (χ3n) is 3.59. The molecule has 0 fully saturated rings. The van der Waals surface area contributed by atoms with Crippen molar-refractivity contribution in [3.8, 4) is 0 Å². The van der Waals surface area contributed by atoms with Gasteiger partial charge in [-0.3, -0.25) is 9.69 Å². The van der Waals surface area contributed by atoms with Gasteiger partial charge in [-0.25, -0.2) is 4.57 Å². The molecule has 7 nitrogen and oxygen atoms in total. The van der Waals surface area contributed by atoms with E-state index >= 15 is 0 Å². The Morgan fingerprint density at radius 1 is 1.22 bits per heavy atom. The Morgan fingerprint density at radius 2 is 1.78 bits per heavy atom. The minimum Gasteiger partial charge on any atom is -0.360 e. The van der Waals surface area contributed by atoms with E-state index in [9.17, 15) is 9.36 Å². The van der Waals surface area contributed by atoms with Gasteiger partial charge in [-0.1, -0.05) is 38.1 Å². The Hall–Kier alpha value is -1.62. The third kappa shape index (κ3) is 4.44. The fourth-order valence-corrected chi connectivity index (χ4v) is 3.13. The summed E-state index contributed by atoms with van der Waals surface area (Å²) in [5.41, 5.74) is 9.57. The normalized spacial score (nSPS) is 11.3. The number of carbonyl (C=O) groups is 1. The molecule has 0 aliphatic rings. The fourth-order valence-electron chi connectivity index (χ4n) is 2.16. The molecule has 0 aromatic heterocycles. The second-order valence-corrected chi connectivity index (χ2v) is 6.88. The lowest BCUT2D eigenvalue weighted by atomic mass is 10.0. The second kappa shape index (κ2) is 8.87. The highest BCUT2D eigenvalue weighted by Crippen LogP contribution is 2.48. The van der Waals surface area contributed by atoms with Gasteiger partial charge in [0.15, 0.2) is 0 Å². The lowest BCUT2D eigenvalue weighted by molar-refractivity contribution is -0.00426. The van der Waals surface area contributed by atoms with Crippen molar-refractivity contribution in [2.24, 2.45) is 0 Å². The monoisotopic (exact) mass is 339 g/mol. The van der Waals surface area contributed by atoms with Crippen LogP contribution in [-0.4, -0.2) is 48.2 Å². The van der Waals surface area contributed by atoms with E-state index in [1.54, 1.807) is 12.1 Å². The molecule has 8 heteroatoms. The minimum atomic E-state index is -3.94. The molecular weight excluding hydrogens is 317 g/mol. The van der Waals surface area contributed by atoms with Gasteiger partial charge in [-0.15, -0.1) is 0 Å². The van der Waals surface area contributed by atoms with Crippen LogP contribution < -0.4 is 0 Å². The molecule has 1 aromatic carbocycles. The third-order valence-corrected chi connectivity index (χ3v) is 5.36. The zero-order valence-corrected chi connectivity index (χ0v) is 14.7. The largest absolute Gasteiger partial charge is 0.448 e. The molecule has 0 aliphatic heterocycles. The fraction of sp³-hybridized carbons (Fsp3) is 0.467. The van der Waals surface area contributed by atoms with Crippen molar-refractivity contribution in [1.82, 2.24) is 4.90 Å². The lowest BCUT2D eigenvalue weighted by Gasteiger charge is -2.19. The average molecular weight is 339 g/mol. The Kier molecular flexibility index (Phi) is 7.49. The Labute approximate surface area is 136 Å². The van der Waals surface area contributed by atoms with Gasteiger partial charge in [-0.05, 0) is 18.7 Å². The molecule has 0 atom stereocenters. The average Bonchev–Trinajstić information content (AvgIpc) is 2.60. The molecule has 1 rings (SSSR count). The minimum absolute atomic E-state index is 0.307. The molecule has 0 bridgehead atoms. The van der Waals surface area contributed by atoms with Crippen LogP contribution in [0.4, 0.5) is 0 Å². The molecule has 0 N–H and O–H groups in total. The zero-order chi connectivity index (χ0) is 17.5. The van der Waals surface area contributed by atoms with Crippen molar-refractivity contribution in [2.45, 2.75) is 20.4 Å². The molecule has 0 saturated carbocycles. The number of hydrogen-bond acceptors (Lipinski definition) is 5. The van der Waals surface area contributed by atoms with Crippen LogP contribution in [0.3, 0.4) is 0 Å². The molecule has 0 heterocycles. The van der Waals surface area contributed by atoms with Crippen LogP contribution in [0.2, 0.25) is 0 Å². The molecular formula is C15H22N3O4P. The number of benzene rings is 1. The second-order valence-electron chi connectivity index (χ2n) is 4.73. The lowest BCUT2D eigenvalue weighted by Crippen LogP contribution is -2.25. The molecule has 23 heavy (non-hydrogen) atoms. The SMILES string of the molecule is CCN(CC)Cc1ccccc1C(=O)C(=[N+]=[N-])P(=O)(OC)OC. The van der Waals surface area contributed by atoms with Gasteiger partial charge in [0, 0.05) is 26.3 Å². The Morgan fingerprint density at radius 3 is 2.26 bits per heavy atom. The molecule has 0 aliphatic carbocycles. The van der Waals surface area contributed by atoms with Crippen molar-refractivity contribution < 1.29 is 23.2 Å². The van der Waals surface area contributed by atoms with E-state index in [2.05, 4.69) is 9.69 Å². The van der Waals surface area contributed by atoms with Crippen LogP contribution in [-0.2, 0) is 20.2 Å². The maximum atomic E-state index is 12.7. The number of rotatable bonds is 9. The van der Waals surface area contributed by atoms with Crippen molar-refractivity contribution >= 4 is 18.8 Å².